The number of esters is 1. The van der Waals surface area contributed by atoms with E-state index in [1.807, 2.05) is 38.9 Å². The largest absolute Gasteiger partial charge is 0.452 e. The molecule has 1 atom stereocenters. The van der Waals surface area contributed by atoms with Crippen molar-refractivity contribution < 1.29 is 14.3 Å². The van der Waals surface area contributed by atoms with E-state index in [1.54, 1.807) is 18.2 Å². The van der Waals surface area contributed by atoms with E-state index in [0.29, 0.717) is 5.56 Å². The van der Waals surface area contributed by atoms with E-state index in [-0.39, 0.29) is 18.6 Å². The molecule has 1 N–H and O–H groups in total. The number of hydrogen-bond acceptors (Lipinski definition) is 4. The van der Waals surface area contributed by atoms with Crippen molar-refractivity contribution in [2.75, 3.05) is 25.6 Å². The van der Waals surface area contributed by atoms with E-state index in [0.717, 1.165) is 12.1 Å². The summed E-state index contributed by atoms with van der Waals surface area (Å²) in [5.74, 6) is -0.774. The lowest BCUT2D eigenvalue weighted by molar-refractivity contribution is -0.124. The monoisotopic (exact) mass is 278 g/mol. The average molecular weight is 278 g/mol. The molecule has 0 aromatic heterocycles. The van der Waals surface area contributed by atoms with Gasteiger partial charge in [-0.2, -0.15) is 0 Å². The second kappa shape index (κ2) is 7.53. The van der Waals surface area contributed by atoms with E-state index in [2.05, 4.69) is 5.32 Å². The van der Waals surface area contributed by atoms with Crippen LogP contribution in [-0.2, 0) is 9.53 Å². The van der Waals surface area contributed by atoms with Crippen molar-refractivity contribution in [2.24, 2.45) is 0 Å². The number of amides is 1. The van der Waals surface area contributed by atoms with Gasteiger partial charge in [0.2, 0.25) is 0 Å². The molecule has 0 bridgehead atoms. The number of anilines is 1. The molecule has 20 heavy (non-hydrogen) atoms. The molecule has 1 rings (SSSR count). The van der Waals surface area contributed by atoms with Crippen LogP contribution in [0.5, 0.6) is 0 Å². The summed E-state index contributed by atoms with van der Waals surface area (Å²) in [5, 5.41) is 2.74. The molecule has 0 heterocycles. The highest BCUT2D eigenvalue weighted by Gasteiger charge is 2.12. The summed E-state index contributed by atoms with van der Waals surface area (Å²) < 4.78 is 5.00. The second-order valence-corrected chi connectivity index (χ2v) is 4.90. The smallest absolute Gasteiger partial charge is 0.338 e. The number of ether oxygens (including phenoxy) is 1. The molecule has 5 heteroatoms. The quantitative estimate of drug-likeness (QED) is 0.806. The number of rotatable bonds is 6. The average Bonchev–Trinajstić information content (AvgIpc) is 2.44. The minimum absolute atomic E-state index is 0.0817. The van der Waals surface area contributed by atoms with E-state index in [9.17, 15) is 9.59 Å². The lowest BCUT2D eigenvalue weighted by atomic mass is 10.2. The van der Waals surface area contributed by atoms with E-state index >= 15 is 0 Å². The van der Waals surface area contributed by atoms with Crippen molar-refractivity contribution in [1.82, 2.24) is 5.32 Å². The zero-order valence-corrected chi connectivity index (χ0v) is 12.5. The minimum Gasteiger partial charge on any atom is -0.452 e. The topological polar surface area (TPSA) is 58.6 Å². The van der Waals surface area contributed by atoms with Crippen LogP contribution in [-0.4, -0.2) is 38.6 Å². The summed E-state index contributed by atoms with van der Waals surface area (Å²) in [6.45, 7) is 3.62. The normalized spacial score (nSPS) is 11.6. The van der Waals surface area contributed by atoms with Crippen LogP contribution in [0.4, 0.5) is 5.69 Å². The lowest BCUT2D eigenvalue weighted by Gasteiger charge is -2.14. The maximum absolute atomic E-state index is 11.9. The van der Waals surface area contributed by atoms with Crippen molar-refractivity contribution >= 4 is 17.6 Å². The SMILES string of the molecule is CC[C@H](C)NC(=O)COC(=O)c1cccc(N(C)C)c1. The Morgan fingerprint density at radius 3 is 2.65 bits per heavy atom. The zero-order valence-electron chi connectivity index (χ0n) is 12.5. The van der Waals surface area contributed by atoms with Crippen molar-refractivity contribution in [1.29, 1.82) is 0 Å². The maximum Gasteiger partial charge on any atom is 0.338 e. The fraction of sp³-hybridized carbons (Fsp3) is 0.467. The number of nitrogens with one attached hydrogen (secondary N) is 1. The van der Waals surface area contributed by atoms with Crippen LogP contribution in [0.25, 0.3) is 0 Å². The van der Waals surface area contributed by atoms with Gasteiger partial charge in [0.15, 0.2) is 6.61 Å². The van der Waals surface area contributed by atoms with Crippen LogP contribution in [0.15, 0.2) is 24.3 Å². The third-order valence-corrected chi connectivity index (χ3v) is 2.95. The van der Waals surface area contributed by atoms with Gasteiger partial charge in [0.25, 0.3) is 5.91 Å². The second-order valence-electron chi connectivity index (χ2n) is 4.90. The van der Waals surface area contributed by atoms with E-state index < -0.39 is 5.97 Å². The summed E-state index contributed by atoms with van der Waals surface area (Å²) >= 11 is 0. The molecule has 1 aromatic rings. The molecular formula is C15H22N2O3. The minimum atomic E-state index is -0.493. The molecule has 0 aliphatic rings. The molecule has 0 saturated carbocycles. The Morgan fingerprint density at radius 2 is 2.05 bits per heavy atom. The Kier molecular flexibility index (Phi) is 6.03. The molecule has 0 unspecified atom stereocenters. The van der Waals surface area contributed by atoms with Gasteiger partial charge < -0.3 is 15.0 Å². The first-order valence-corrected chi connectivity index (χ1v) is 6.68. The van der Waals surface area contributed by atoms with Gasteiger partial charge in [0.05, 0.1) is 5.56 Å². The molecule has 0 aliphatic heterocycles. The molecule has 0 aliphatic carbocycles. The van der Waals surface area contributed by atoms with Crippen LogP contribution >= 0.6 is 0 Å². The Balaban J connectivity index is 2.55. The van der Waals surface area contributed by atoms with Crippen LogP contribution in [0.3, 0.4) is 0 Å². The van der Waals surface area contributed by atoms with Crippen molar-refractivity contribution in [3.8, 4) is 0 Å². The molecular weight excluding hydrogens is 256 g/mol. The van der Waals surface area contributed by atoms with Crippen LogP contribution in [0.1, 0.15) is 30.6 Å². The third kappa shape index (κ3) is 4.91. The first-order valence-electron chi connectivity index (χ1n) is 6.68. The fourth-order valence-electron chi connectivity index (χ4n) is 1.54. The van der Waals surface area contributed by atoms with Crippen LogP contribution < -0.4 is 10.2 Å². The highest BCUT2D eigenvalue weighted by Crippen LogP contribution is 2.14. The van der Waals surface area contributed by atoms with Crippen LogP contribution in [0.2, 0.25) is 0 Å². The Bertz CT molecular complexity index is 472. The lowest BCUT2D eigenvalue weighted by Crippen LogP contribution is -2.35. The summed E-state index contributed by atoms with van der Waals surface area (Å²) in [7, 11) is 3.79. The summed E-state index contributed by atoms with van der Waals surface area (Å²) in [6.07, 6.45) is 0.838. The molecule has 0 fully saturated rings. The Labute approximate surface area is 119 Å². The molecule has 0 spiro atoms. The molecule has 1 aromatic carbocycles. The van der Waals surface area contributed by atoms with Gasteiger partial charge in [-0.05, 0) is 31.5 Å². The van der Waals surface area contributed by atoms with Crippen molar-refractivity contribution in [2.45, 2.75) is 26.3 Å². The van der Waals surface area contributed by atoms with Gasteiger partial charge in [0.1, 0.15) is 0 Å². The third-order valence-electron chi connectivity index (χ3n) is 2.95. The van der Waals surface area contributed by atoms with Gasteiger partial charge in [-0.25, -0.2) is 4.79 Å². The summed E-state index contributed by atoms with van der Waals surface area (Å²) in [4.78, 5) is 25.3. The van der Waals surface area contributed by atoms with Crippen LogP contribution in [0, 0.1) is 0 Å². The number of benzene rings is 1. The van der Waals surface area contributed by atoms with Gasteiger partial charge in [-0.1, -0.05) is 13.0 Å². The maximum atomic E-state index is 11.9. The van der Waals surface area contributed by atoms with Gasteiger partial charge in [-0.3, -0.25) is 4.79 Å². The number of hydrogen-bond donors (Lipinski definition) is 1. The van der Waals surface area contributed by atoms with E-state index in [4.69, 9.17) is 4.74 Å². The first kappa shape index (κ1) is 16.0. The molecule has 1 amide bonds. The summed E-state index contributed by atoms with van der Waals surface area (Å²) in [5.41, 5.74) is 1.34. The zero-order chi connectivity index (χ0) is 15.1. The van der Waals surface area contributed by atoms with Crippen molar-refractivity contribution in [3.63, 3.8) is 0 Å². The van der Waals surface area contributed by atoms with Gasteiger partial charge >= 0.3 is 5.97 Å². The highest BCUT2D eigenvalue weighted by molar-refractivity contribution is 5.92. The number of carbonyl (C=O) groups excluding carboxylic acids is 2. The van der Waals surface area contributed by atoms with E-state index in [1.165, 1.54) is 0 Å². The number of carbonyl (C=O) groups is 2. The van der Waals surface area contributed by atoms with Gasteiger partial charge in [-0.15, -0.1) is 0 Å². The highest BCUT2D eigenvalue weighted by atomic mass is 16.5. The molecule has 0 radical (unpaired) electrons. The molecule has 5 nitrogen and oxygen atoms in total. The van der Waals surface area contributed by atoms with Gasteiger partial charge in [0, 0.05) is 25.8 Å². The Morgan fingerprint density at radius 1 is 1.35 bits per heavy atom. The molecule has 0 saturated heterocycles. The summed E-state index contributed by atoms with van der Waals surface area (Å²) in [6, 6.07) is 7.16. The predicted molar refractivity (Wildman–Crippen MR) is 78.9 cm³/mol. The first-order chi connectivity index (χ1) is 9.43. The number of nitrogens with zero attached hydrogens (tertiary/aromatic N) is 1. The Hall–Kier alpha value is -2.04. The fourth-order valence-corrected chi connectivity index (χ4v) is 1.54. The molecule has 110 valence electrons. The van der Waals surface area contributed by atoms with Crippen molar-refractivity contribution in [3.05, 3.63) is 29.8 Å². The predicted octanol–water partition coefficient (Wildman–Crippen LogP) is 1.82. The standard InChI is InChI=1S/C15H22N2O3/c1-5-11(2)16-14(18)10-20-15(19)12-7-6-8-13(9-12)17(3)4/h6-9,11H,5,10H2,1-4H3,(H,16,18)/t11-/m0/s1.